The third-order valence-corrected chi connectivity index (χ3v) is 0.445. The SMILES string of the molecule is O=C([O-])C(O)CO.[NH4+]. The summed E-state index contributed by atoms with van der Waals surface area (Å²) in [7, 11) is 0. The number of aliphatic carboxylic acids is 1. The van der Waals surface area contributed by atoms with Crippen LogP contribution in [0.3, 0.4) is 0 Å². The van der Waals surface area contributed by atoms with Crippen LogP contribution in [0.2, 0.25) is 0 Å². The molecule has 1 unspecified atom stereocenters. The van der Waals surface area contributed by atoms with Crippen LogP contribution in [0.25, 0.3) is 0 Å². The Morgan fingerprint density at radius 1 is 1.75 bits per heavy atom. The fourth-order valence-electron chi connectivity index (χ4n) is 0.0745. The van der Waals surface area contributed by atoms with E-state index in [1.54, 1.807) is 0 Å². The molecule has 0 aliphatic heterocycles. The van der Waals surface area contributed by atoms with Crippen molar-refractivity contribution in [3.05, 3.63) is 0 Å². The van der Waals surface area contributed by atoms with Crippen LogP contribution in [0.4, 0.5) is 0 Å². The first-order chi connectivity index (χ1) is 3.18. The van der Waals surface area contributed by atoms with Crippen molar-refractivity contribution in [1.29, 1.82) is 0 Å². The summed E-state index contributed by atoms with van der Waals surface area (Å²) in [6, 6.07) is 0. The van der Waals surface area contributed by atoms with Gasteiger partial charge in [-0.3, -0.25) is 0 Å². The fraction of sp³-hybridized carbons (Fsp3) is 0.667. The molecule has 8 heavy (non-hydrogen) atoms. The van der Waals surface area contributed by atoms with Crippen LogP contribution >= 0.6 is 0 Å². The molecular weight excluding hydrogens is 114 g/mol. The number of carbonyl (C=O) groups excluding carboxylic acids is 1. The smallest absolute Gasteiger partial charge is 0.116 e. The van der Waals surface area contributed by atoms with Crippen molar-refractivity contribution < 1.29 is 20.1 Å². The van der Waals surface area contributed by atoms with Gasteiger partial charge >= 0.3 is 0 Å². The number of carboxylic acid groups (broad SMARTS) is 1. The Kier molecular flexibility index (Phi) is 5.83. The van der Waals surface area contributed by atoms with E-state index in [1.807, 2.05) is 0 Å². The summed E-state index contributed by atoms with van der Waals surface area (Å²) in [5.74, 6) is -1.65. The molecule has 0 amide bonds. The van der Waals surface area contributed by atoms with Crippen molar-refractivity contribution in [3.63, 3.8) is 0 Å². The summed E-state index contributed by atoms with van der Waals surface area (Å²) in [6.45, 7) is -0.789. The van der Waals surface area contributed by atoms with E-state index in [0.717, 1.165) is 0 Å². The first-order valence-electron chi connectivity index (χ1n) is 1.68. The van der Waals surface area contributed by atoms with Crippen molar-refractivity contribution >= 4 is 5.97 Å². The predicted octanol–water partition coefficient (Wildman–Crippen LogP) is -2.53. The average molecular weight is 123 g/mol. The van der Waals surface area contributed by atoms with Gasteiger partial charge in [-0.15, -0.1) is 0 Å². The Hall–Kier alpha value is -0.650. The van der Waals surface area contributed by atoms with E-state index in [9.17, 15) is 9.90 Å². The summed E-state index contributed by atoms with van der Waals surface area (Å²) < 4.78 is 0. The topological polar surface area (TPSA) is 117 Å². The number of hydrogen-bond acceptors (Lipinski definition) is 4. The molecule has 5 heteroatoms. The normalized spacial score (nSPS) is 11.8. The molecule has 0 saturated carbocycles. The van der Waals surface area contributed by atoms with Gasteiger partial charge in [0.15, 0.2) is 0 Å². The highest BCUT2D eigenvalue weighted by Crippen LogP contribution is 1.72. The van der Waals surface area contributed by atoms with E-state index < -0.39 is 18.7 Å². The third kappa shape index (κ3) is 3.54. The van der Waals surface area contributed by atoms with E-state index in [-0.39, 0.29) is 6.15 Å². The lowest BCUT2D eigenvalue weighted by Gasteiger charge is -2.04. The summed E-state index contributed by atoms with van der Waals surface area (Å²) in [4.78, 5) is 9.41. The van der Waals surface area contributed by atoms with Gasteiger partial charge in [-0.05, 0) is 0 Å². The summed E-state index contributed by atoms with van der Waals surface area (Å²) in [5.41, 5.74) is 0. The fourth-order valence-corrected chi connectivity index (χ4v) is 0.0745. The van der Waals surface area contributed by atoms with Gasteiger partial charge in [-0.25, -0.2) is 0 Å². The molecule has 0 aromatic carbocycles. The van der Waals surface area contributed by atoms with E-state index in [4.69, 9.17) is 10.2 Å². The second-order valence-corrected chi connectivity index (χ2v) is 1.02. The van der Waals surface area contributed by atoms with Gasteiger partial charge in [-0.2, -0.15) is 0 Å². The van der Waals surface area contributed by atoms with Gasteiger partial charge in [-0.1, -0.05) is 0 Å². The minimum atomic E-state index is -1.74. The van der Waals surface area contributed by atoms with E-state index in [0.29, 0.717) is 0 Å². The third-order valence-electron chi connectivity index (χ3n) is 0.445. The van der Waals surface area contributed by atoms with Crippen molar-refractivity contribution in [3.8, 4) is 0 Å². The molecule has 0 aliphatic rings. The maximum atomic E-state index is 9.41. The molecule has 0 aliphatic carbocycles. The Labute approximate surface area is 46.1 Å². The van der Waals surface area contributed by atoms with Crippen molar-refractivity contribution in [1.82, 2.24) is 6.15 Å². The van der Waals surface area contributed by atoms with Crippen molar-refractivity contribution in [2.75, 3.05) is 6.61 Å². The van der Waals surface area contributed by atoms with Crippen LogP contribution < -0.4 is 11.3 Å². The first-order valence-corrected chi connectivity index (χ1v) is 1.68. The number of aliphatic hydroxyl groups excluding tert-OH is 2. The van der Waals surface area contributed by atoms with Gasteiger partial charge in [0.2, 0.25) is 0 Å². The largest absolute Gasteiger partial charge is 0.547 e. The van der Waals surface area contributed by atoms with Crippen molar-refractivity contribution in [2.24, 2.45) is 0 Å². The van der Waals surface area contributed by atoms with Crippen LogP contribution in [0.1, 0.15) is 0 Å². The van der Waals surface area contributed by atoms with Crippen LogP contribution in [-0.2, 0) is 4.79 Å². The molecule has 1 atom stereocenters. The molecule has 0 heterocycles. The molecule has 50 valence electrons. The summed E-state index contributed by atoms with van der Waals surface area (Å²) in [6.07, 6.45) is -1.74. The second-order valence-electron chi connectivity index (χ2n) is 1.02. The van der Waals surface area contributed by atoms with Crippen molar-refractivity contribution in [2.45, 2.75) is 6.10 Å². The number of carbonyl (C=O) groups is 1. The highest BCUT2D eigenvalue weighted by molar-refractivity contribution is 5.69. The zero-order chi connectivity index (χ0) is 5.86. The lowest BCUT2D eigenvalue weighted by molar-refractivity contribution is -0.315. The number of rotatable bonds is 2. The van der Waals surface area contributed by atoms with Gasteiger partial charge in [0.25, 0.3) is 0 Å². The van der Waals surface area contributed by atoms with Gasteiger partial charge < -0.3 is 26.3 Å². The Morgan fingerprint density at radius 2 is 2.12 bits per heavy atom. The van der Waals surface area contributed by atoms with Crippen LogP contribution in [0, 0.1) is 0 Å². The monoisotopic (exact) mass is 123 g/mol. The first kappa shape index (κ1) is 10.4. The maximum Gasteiger partial charge on any atom is 0.116 e. The highest BCUT2D eigenvalue weighted by atomic mass is 16.4. The van der Waals surface area contributed by atoms with E-state index in [1.165, 1.54) is 0 Å². The van der Waals surface area contributed by atoms with Crippen LogP contribution in [0.5, 0.6) is 0 Å². The average Bonchev–Trinajstić information content (AvgIpc) is 1.65. The molecule has 0 aromatic heterocycles. The molecule has 0 bridgehead atoms. The molecular formula is C3H9NO4. The zero-order valence-corrected chi connectivity index (χ0v) is 4.50. The number of hydrogen-bond donors (Lipinski definition) is 3. The Bertz CT molecular complexity index is 73.7. The molecule has 6 N–H and O–H groups in total. The lowest BCUT2D eigenvalue weighted by Crippen LogP contribution is -2.37. The molecule has 0 spiro atoms. The Morgan fingerprint density at radius 3 is 2.12 bits per heavy atom. The van der Waals surface area contributed by atoms with Gasteiger partial charge in [0, 0.05) is 0 Å². The minimum absolute atomic E-state index is 0. The summed E-state index contributed by atoms with van der Waals surface area (Å²) >= 11 is 0. The molecule has 0 fully saturated rings. The standard InChI is InChI=1S/C3H6O4.H3N/c4-1-2(5)3(6)7;/h2,4-5H,1H2,(H,6,7);1H3. The number of carboxylic acids is 1. The van der Waals surface area contributed by atoms with Crippen LogP contribution in [0.15, 0.2) is 0 Å². The zero-order valence-electron chi connectivity index (χ0n) is 4.50. The molecule has 0 aromatic rings. The number of quaternary nitrogens is 1. The highest BCUT2D eigenvalue weighted by Gasteiger charge is 1.98. The molecule has 0 rings (SSSR count). The molecule has 0 saturated heterocycles. The van der Waals surface area contributed by atoms with E-state index >= 15 is 0 Å². The molecule has 5 nitrogen and oxygen atoms in total. The Balaban J connectivity index is 0. The maximum absolute atomic E-state index is 9.41. The van der Waals surface area contributed by atoms with Gasteiger partial charge in [0.05, 0.1) is 12.6 Å². The quantitative estimate of drug-likeness (QED) is 0.375. The molecule has 0 radical (unpaired) electrons. The second kappa shape index (κ2) is 4.51. The minimum Gasteiger partial charge on any atom is -0.547 e. The van der Waals surface area contributed by atoms with E-state index in [2.05, 4.69) is 0 Å². The predicted molar refractivity (Wildman–Crippen MR) is 24.1 cm³/mol. The van der Waals surface area contributed by atoms with Crippen LogP contribution in [-0.4, -0.2) is 28.9 Å². The number of aliphatic hydroxyl groups is 2. The summed E-state index contributed by atoms with van der Waals surface area (Å²) in [5, 5.41) is 25.3. The lowest BCUT2D eigenvalue weighted by atomic mass is 10.4. The van der Waals surface area contributed by atoms with Gasteiger partial charge in [0.1, 0.15) is 6.10 Å².